The topological polar surface area (TPSA) is 90.7 Å². The monoisotopic (exact) mass is 499 g/mol. The SMILES string of the molecule is O=C1N[C@H]2CN(Cc3ccc(OC(F)F)cc3)C[C@@H]2OCc2cn(nn2)CCCOc2cccc1c2. The second kappa shape index (κ2) is 11.0. The van der Waals surface area contributed by atoms with Gasteiger partial charge in [-0.1, -0.05) is 23.4 Å². The first-order valence-electron chi connectivity index (χ1n) is 11.8. The molecular weight excluding hydrogens is 472 g/mol. The van der Waals surface area contributed by atoms with Gasteiger partial charge in [0.05, 0.1) is 31.6 Å². The molecule has 2 aliphatic rings. The highest BCUT2D eigenvalue weighted by Crippen LogP contribution is 2.22. The predicted octanol–water partition coefficient (Wildman–Crippen LogP) is 2.86. The molecule has 36 heavy (non-hydrogen) atoms. The number of hydrogen-bond acceptors (Lipinski definition) is 7. The molecule has 1 amide bonds. The van der Waals surface area contributed by atoms with E-state index in [2.05, 4.69) is 25.3 Å². The van der Waals surface area contributed by atoms with Crippen molar-refractivity contribution in [3.63, 3.8) is 0 Å². The fourth-order valence-corrected chi connectivity index (χ4v) is 4.42. The van der Waals surface area contributed by atoms with E-state index in [9.17, 15) is 13.6 Å². The van der Waals surface area contributed by atoms with Gasteiger partial charge in [-0.15, -0.1) is 5.10 Å². The number of ether oxygens (including phenoxy) is 3. The van der Waals surface area contributed by atoms with Gasteiger partial charge in [-0.25, -0.2) is 0 Å². The summed E-state index contributed by atoms with van der Waals surface area (Å²) in [5.41, 5.74) is 2.17. The number of fused-ring (bicyclic) bond motifs is 5. The number of alkyl halides is 2. The molecule has 0 spiro atoms. The number of hydrogen-bond donors (Lipinski definition) is 1. The van der Waals surface area contributed by atoms with E-state index in [-0.39, 0.29) is 30.4 Å². The van der Waals surface area contributed by atoms with Crippen molar-refractivity contribution in [2.24, 2.45) is 0 Å². The number of halogens is 2. The zero-order valence-corrected chi connectivity index (χ0v) is 19.6. The molecule has 1 N–H and O–H groups in total. The van der Waals surface area contributed by atoms with Crippen LogP contribution in [0.1, 0.15) is 28.0 Å². The second-order valence-electron chi connectivity index (χ2n) is 8.85. The molecule has 2 atom stereocenters. The van der Waals surface area contributed by atoms with E-state index in [1.807, 2.05) is 12.3 Å². The minimum atomic E-state index is -2.86. The van der Waals surface area contributed by atoms with Crippen LogP contribution in [-0.4, -0.2) is 64.3 Å². The quantitative estimate of drug-likeness (QED) is 0.590. The van der Waals surface area contributed by atoms with Crippen LogP contribution in [0.25, 0.3) is 0 Å². The van der Waals surface area contributed by atoms with Crippen molar-refractivity contribution < 1.29 is 27.8 Å². The Bertz CT molecular complexity index is 1170. The summed E-state index contributed by atoms with van der Waals surface area (Å²) in [5, 5.41) is 11.5. The molecule has 9 nitrogen and oxygen atoms in total. The highest BCUT2D eigenvalue weighted by atomic mass is 19.3. The van der Waals surface area contributed by atoms with Gasteiger partial charge >= 0.3 is 6.61 Å². The number of carbonyl (C=O) groups is 1. The Labute approximate surface area is 206 Å². The Morgan fingerprint density at radius 2 is 2.03 bits per heavy atom. The summed E-state index contributed by atoms with van der Waals surface area (Å²) in [4.78, 5) is 15.2. The van der Waals surface area contributed by atoms with Crippen molar-refractivity contribution in [2.75, 3.05) is 19.7 Å². The van der Waals surface area contributed by atoms with Crippen molar-refractivity contribution in [1.29, 1.82) is 0 Å². The third-order valence-corrected chi connectivity index (χ3v) is 6.14. The van der Waals surface area contributed by atoms with Gasteiger partial charge in [-0.2, -0.15) is 8.78 Å². The van der Waals surface area contributed by atoms with E-state index in [0.29, 0.717) is 49.8 Å². The maximum Gasteiger partial charge on any atom is 0.387 e. The molecular formula is C25H27F2N5O4. The van der Waals surface area contributed by atoms with Crippen molar-refractivity contribution in [3.05, 3.63) is 71.5 Å². The van der Waals surface area contributed by atoms with E-state index in [4.69, 9.17) is 9.47 Å². The molecule has 2 aliphatic heterocycles. The summed E-state index contributed by atoms with van der Waals surface area (Å²) >= 11 is 0. The maximum absolute atomic E-state index is 13.1. The van der Waals surface area contributed by atoms with E-state index in [1.54, 1.807) is 35.0 Å². The fourth-order valence-electron chi connectivity index (χ4n) is 4.42. The molecule has 3 aromatic rings. The highest BCUT2D eigenvalue weighted by Gasteiger charge is 2.35. The number of nitrogens with one attached hydrogen (secondary N) is 1. The molecule has 3 heterocycles. The summed E-state index contributed by atoms with van der Waals surface area (Å²) in [6, 6.07) is 13.4. The van der Waals surface area contributed by atoms with Crippen molar-refractivity contribution in [3.8, 4) is 11.5 Å². The molecule has 190 valence electrons. The number of rotatable bonds is 4. The number of benzene rings is 2. The lowest BCUT2D eigenvalue weighted by molar-refractivity contribution is -0.0498. The Balaban J connectivity index is 1.31. The Morgan fingerprint density at radius 3 is 2.86 bits per heavy atom. The number of aromatic nitrogens is 3. The lowest BCUT2D eigenvalue weighted by Gasteiger charge is -2.20. The normalized spacial score (nSPS) is 21.0. The van der Waals surface area contributed by atoms with Gasteiger partial charge in [-0.05, 0) is 35.9 Å². The Kier molecular flexibility index (Phi) is 7.38. The van der Waals surface area contributed by atoms with Crippen LogP contribution in [0.5, 0.6) is 11.5 Å². The van der Waals surface area contributed by atoms with Crippen molar-refractivity contribution in [1.82, 2.24) is 25.2 Å². The van der Waals surface area contributed by atoms with Gasteiger partial charge in [-0.3, -0.25) is 14.4 Å². The van der Waals surface area contributed by atoms with E-state index in [0.717, 1.165) is 12.0 Å². The van der Waals surface area contributed by atoms with Gasteiger partial charge < -0.3 is 19.5 Å². The Hall–Kier alpha value is -3.57. The largest absolute Gasteiger partial charge is 0.494 e. The number of likely N-dealkylation sites (tertiary alicyclic amines) is 1. The molecule has 1 fully saturated rings. The summed E-state index contributed by atoms with van der Waals surface area (Å²) in [7, 11) is 0. The molecule has 0 radical (unpaired) electrons. The minimum absolute atomic E-state index is 0.115. The van der Waals surface area contributed by atoms with Gasteiger partial charge in [0, 0.05) is 38.2 Å². The third-order valence-electron chi connectivity index (χ3n) is 6.14. The van der Waals surface area contributed by atoms with Crippen LogP contribution < -0.4 is 14.8 Å². The summed E-state index contributed by atoms with van der Waals surface area (Å²) < 4.78 is 43.1. The van der Waals surface area contributed by atoms with Crippen LogP contribution in [0.3, 0.4) is 0 Å². The summed E-state index contributed by atoms with van der Waals surface area (Å²) in [6.45, 7) is 0.285. The van der Waals surface area contributed by atoms with Gasteiger partial charge in [0.25, 0.3) is 5.91 Å². The molecule has 0 unspecified atom stereocenters. The average Bonchev–Trinajstić information content (AvgIpc) is 3.47. The second-order valence-corrected chi connectivity index (χ2v) is 8.85. The summed E-state index contributed by atoms with van der Waals surface area (Å²) in [6.07, 6.45) is 2.33. The lowest BCUT2D eigenvalue weighted by atomic mass is 10.1. The first-order chi connectivity index (χ1) is 17.5. The molecule has 0 saturated carbocycles. The van der Waals surface area contributed by atoms with Crippen LogP contribution in [0.4, 0.5) is 8.78 Å². The predicted molar refractivity (Wildman–Crippen MR) is 125 cm³/mol. The molecule has 5 rings (SSSR count). The fraction of sp³-hybridized carbons (Fsp3) is 0.400. The molecule has 1 saturated heterocycles. The average molecular weight is 500 g/mol. The van der Waals surface area contributed by atoms with Gasteiger partial charge in [0.2, 0.25) is 0 Å². The van der Waals surface area contributed by atoms with Crippen LogP contribution in [0.15, 0.2) is 54.7 Å². The molecule has 11 heteroatoms. The van der Waals surface area contributed by atoms with Crippen molar-refractivity contribution in [2.45, 2.75) is 44.9 Å². The zero-order valence-electron chi connectivity index (χ0n) is 19.6. The molecule has 2 aromatic carbocycles. The number of carbonyl (C=O) groups excluding carboxylic acids is 1. The van der Waals surface area contributed by atoms with Crippen LogP contribution in [-0.2, 0) is 24.4 Å². The number of nitrogens with zero attached hydrogens (tertiary/aromatic N) is 4. The van der Waals surface area contributed by atoms with Crippen LogP contribution >= 0.6 is 0 Å². The first kappa shape index (κ1) is 24.1. The van der Waals surface area contributed by atoms with E-state index >= 15 is 0 Å². The highest BCUT2D eigenvalue weighted by molar-refractivity contribution is 5.94. The van der Waals surface area contributed by atoms with Crippen LogP contribution in [0, 0.1) is 0 Å². The number of amides is 1. The minimum Gasteiger partial charge on any atom is -0.494 e. The maximum atomic E-state index is 13.1. The standard InChI is InChI=1S/C25H27F2N5O4/c26-25(27)36-20-7-5-17(6-8-20)12-31-14-22-23(15-31)35-16-19-13-32(30-29-19)9-2-10-34-21-4-1-3-18(11-21)24(33)28-22/h1,3-8,11,13,22-23,25H,2,9-10,12,14-16H2,(H,28,33)/t22-,23-/m0/s1. The molecule has 1 aromatic heterocycles. The zero-order chi connectivity index (χ0) is 24.9. The molecule has 4 bridgehead atoms. The third kappa shape index (κ3) is 6.16. The summed E-state index contributed by atoms with van der Waals surface area (Å²) in [5.74, 6) is 0.548. The van der Waals surface area contributed by atoms with Gasteiger partial charge in [0.1, 0.15) is 17.2 Å². The Morgan fingerprint density at radius 1 is 1.17 bits per heavy atom. The lowest BCUT2D eigenvalue weighted by Crippen LogP contribution is -2.44. The van der Waals surface area contributed by atoms with Gasteiger partial charge in [0.15, 0.2) is 0 Å². The smallest absolute Gasteiger partial charge is 0.387 e. The first-order valence-corrected chi connectivity index (χ1v) is 11.8. The molecule has 0 aliphatic carbocycles. The van der Waals surface area contributed by atoms with Crippen molar-refractivity contribution >= 4 is 5.91 Å². The number of aryl methyl sites for hydroxylation is 1. The van der Waals surface area contributed by atoms with E-state index < -0.39 is 6.61 Å². The van der Waals surface area contributed by atoms with Crippen LogP contribution in [0.2, 0.25) is 0 Å². The van der Waals surface area contributed by atoms with E-state index in [1.165, 1.54) is 12.1 Å².